The first-order valence-electron chi connectivity index (χ1n) is 10.8. The summed E-state index contributed by atoms with van der Waals surface area (Å²) in [5.41, 5.74) is 0.614. The molecule has 0 fully saturated rings. The molecular weight excluding hydrogens is 492 g/mol. The van der Waals surface area contributed by atoms with Crippen LogP contribution in [0, 0.1) is 0 Å². The van der Waals surface area contributed by atoms with Crippen LogP contribution in [0.1, 0.15) is 49.1 Å². The Hall–Kier alpha value is -3.24. The number of anilines is 1. The lowest BCUT2D eigenvalue weighted by Crippen LogP contribution is -2.17. The molecule has 0 aliphatic rings. The summed E-state index contributed by atoms with van der Waals surface area (Å²) in [6.07, 6.45) is -0.368. The first kappa shape index (κ1) is 26.4. The lowest BCUT2D eigenvalue weighted by atomic mass is 10.2. The van der Waals surface area contributed by atoms with Gasteiger partial charge >= 0.3 is 5.97 Å². The van der Waals surface area contributed by atoms with E-state index in [-0.39, 0.29) is 34.4 Å². The average molecular weight is 519 g/mol. The van der Waals surface area contributed by atoms with Crippen molar-refractivity contribution in [2.45, 2.75) is 38.1 Å². The SMILES string of the molecule is COC(=O)c1cc(NC(=O)CSc2nnc(C(C)Oc3ccc(OC)cc3)n2C(C)C)ccc1Cl. The zero-order chi connectivity index (χ0) is 25.5. The van der Waals surface area contributed by atoms with Crippen molar-refractivity contribution in [3.05, 3.63) is 58.9 Å². The molecule has 35 heavy (non-hydrogen) atoms. The van der Waals surface area contributed by atoms with Crippen LogP contribution in [0.3, 0.4) is 0 Å². The van der Waals surface area contributed by atoms with E-state index in [1.165, 1.54) is 31.0 Å². The number of carbonyl (C=O) groups excluding carboxylic acids is 2. The fourth-order valence-corrected chi connectivity index (χ4v) is 4.33. The monoisotopic (exact) mass is 518 g/mol. The van der Waals surface area contributed by atoms with E-state index in [0.717, 1.165) is 5.75 Å². The van der Waals surface area contributed by atoms with Crippen LogP contribution in [0.4, 0.5) is 5.69 Å². The van der Waals surface area contributed by atoms with Crippen LogP contribution in [0.2, 0.25) is 5.02 Å². The Morgan fingerprint density at radius 3 is 2.37 bits per heavy atom. The summed E-state index contributed by atoms with van der Waals surface area (Å²) < 4.78 is 17.9. The number of rotatable bonds is 10. The fraction of sp³-hybridized carbons (Fsp3) is 0.333. The number of nitrogens with one attached hydrogen (secondary N) is 1. The number of esters is 1. The van der Waals surface area contributed by atoms with Crippen molar-refractivity contribution < 1.29 is 23.8 Å². The van der Waals surface area contributed by atoms with Gasteiger partial charge in [-0.25, -0.2) is 4.79 Å². The van der Waals surface area contributed by atoms with Crippen molar-refractivity contribution in [3.8, 4) is 11.5 Å². The Labute approximate surface area is 213 Å². The highest BCUT2D eigenvalue weighted by Gasteiger charge is 2.22. The van der Waals surface area contributed by atoms with E-state index >= 15 is 0 Å². The fourth-order valence-electron chi connectivity index (χ4n) is 3.26. The third kappa shape index (κ3) is 6.67. The number of nitrogens with zero attached hydrogens (tertiary/aromatic N) is 3. The molecule has 186 valence electrons. The molecule has 0 aliphatic carbocycles. The minimum atomic E-state index is -0.580. The lowest BCUT2D eigenvalue weighted by molar-refractivity contribution is -0.113. The Morgan fingerprint density at radius 2 is 1.74 bits per heavy atom. The van der Waals surface area contributed by atoms with Gasteiger partial charge in [-0.05, 0) is 63.2 Å². The predicted molar refractivity (Wildman–Crippen MR) is 135 cm³/mol. The summed E-state index contributed by atoms with van der Waals surface area (Å²) in [6, 6.07) is 12.0. The maximum absolute atomic E-state index is 12.6. The number of hydrogen-bond donors (Lipinski definition) is 1. The van der Waals surface area contributed by atoms with Crippen LogP contribution in [-0.4, -0.2) is 46.6 Å². The van der Waals surface area contributed by atoms with Gasteiger partial charge in [-0.15, -0.1) is 10.2 Å². The Kier molecular flexibility index (Phi) is 9.00. The number of ether oxygens (including phenoxy) is 3. The maximum Gasteiger partial charge on any atom is 0.339 e. The molecule has 9 nitrogen and oxygen atoms in total. The zero-order valence-electron chi connectivity index (χ0n) is 20.1. The van der Waals surface area contributed by atoms with E-state index in [2.05, 4.69) is 15.5 Å². The third-order valence-electron chi connectivity index (χ3n) is 4.93. The van der Waals surface area contributed by atoms with Crippen molar-refractivity contribution in [3.63, 3.8) is 0 Å². The molecular formula is C24H27ClN4O5S. The van der Waals surface area contributed by atoms with Gasteiger partial charge in [0.25, 0.3) is 0 Å². The number of benzene rings is 2. The number of thioether (sulfide) groups is 1. The molecule has 3 aromatic rings. The average Bonchev–Trinajstić information content (AvgIpc) is 3.28. The minimum absolute atomic E-state index is 0.0476. The number of aromatic nitrogens is 3. The summed E-state index contributed by atoms with van der Waals surface area (Å²) in [5, 5.41) is 12.2. The van der Waals surface area contributed by atoms with Gasteiger partial charge in [-0.3, -0.25) is 4.79 Å². The second-order valence-electron chi connectivity index (χ2n) is 7.76. The first-order chi connectivity index (χ1) is 16.7. The zero-order valence-corrected chi connectivity index (χ0v) is 21.6. The number of halogens is 1. The molecule has 2 aromatic carbocycles. The Morgan fingerprint density at radius 1 is 1.06 bits per heavy atom. The molecule has 1 heterocycles. The molecule has 11 heteroatoms. The van der Waals surface area contributed by atoms with Gasteiger partial charge in [0.15, 0.2) is 17.1 Å². The van der Waals surface area contributed by atoms with E-state index < -0.39 is 5.97 Å². The number of carbonyl (C=O) groups is 2. The summed E-state index contributed by atoms with van der Waals surface area (Å²) in [6.45, 7) is 5.92. The van der Waals surface area contributed by atoms with E-state index in [1.54, 1.807) is 13.2 Å². The van der Waals surface area contributed by atoms with Gasteiger partial charge in [-0.2, -0.15) is 0 Å². The topological polar surface area (TPSA) is 105 Å². The van der Waals surface area contributed by atoms with Crippen molar-refractivity contribution >= 4 is 40.9 Å². The summed E-state index contributed by atoms with van der Waals surface area (Å²) in [4.78, 5) is 24.4. The number of methoxy groups -OCH3 is 2. The smallest absolute Gasteiger partial charge is 0.339 e. The molecule has 0 aliphatic heterocycles. The second kappa shape index (κ2) is 11.9. The van der Waals surface area contributed by atoms with E-state index in [4.69, 9.17) is 25.8 Å². The molecule has 1 amide bonds. The van der Waals surface area contributed by atoms with Crippen molar-refractivity contribution in [1.29, 1.82) is 0 Å². The van der Waals surface area contributed by atoms with Crippen LogP contribution >= 0.6 is 23.4 Å². The molecule has 0 saturated heterocycles. The molecule has 0 radical (unpaired) electrons. The largest absolute Gasteiger partial charge is 0.497 e. The van der Waals surface area contributed by atoms with E-state index in [9.17, 15) is 9.59 Å². The van der Waals surface area contributed by atoms with Crippen molar-refractivity contribution in [2.75, 3.05) is 25.3 Å². The molecule has 0 spiro atoms. The normalized spacial score (nSPS) is 11.7. The summed E-state index contributed by atoms with van der Waals surface area (Å²) in [5.74, 6) is 1.32. The van der Waals surface area contributed by atoms with Gasteiger partial charge in [0.2, 0.25) is 5.91 Å². The van der Waals surface area contributed by atoms with Crippen LogP contribution in [0.5, 0.6) is 11.5 Å². The minimum Gasteiger partial charge on any atom is -0.497 e. The summed E-state index contributed by atoms with van der Waals surface area (Å²) in [7, 11) is 2.88. The first-order valence-corrected chi connectivity index (χ1v) is 12.2. The number of amides is 1. The maximum atomic E-state index is 12.6. The molecule has 0 bridgehead atoms. The molecule has 3 rings (SSSR count). The summed E-state index contributed by atoms with van der Waals surface area (Å²) >= 11 is 7.29. The van der Waals surface area contributed by atoms with Crippen LogP contribution < -0.4 is 14.8 Å². The third-order valence-corrected chi connectivity index (χ3v) is 6.20. The quantitative estimate of drug-likeness (QED) is 0.289. The lowest BCUT2D eigenvalue weighted by Gasteiger charge is -2.19. The second-order valence-corrected chi connectivity index (χ2v) is 9.11. The van der Waals surface area contributed by atoms with E-state index in [0.29, 0.717) is 22.4 Å². The van der Waals surface area contributed by atoms with Gasteiger partial charge in [0.1, 0.15) is 11.5 Å². The van der Waals surface area contributed by atoms with Crippen LogP contribution in [0.15, 0.2) is 47.6 Å². The van der Waals surface area contributed by atoms with Gasteiger partial charge in [0, 0.05) is 11.7 Å². The predicted octanol–water partition coefficient (Wildman–Crippen LogP) is 5.18. The molecule has 0 saturated carbocycles. The van der Waals surface area contributed by atoms with Crippen LogP contribution in [-0.2, 0) is 9.53 Å². The molecule has 1 aromatic heterocycles. The van der Waals surface area contributed by atoms with Crippen molar-refractivity contribution in [2.24, 2.45) is 0 Å². The Bertz CT molecular complexity index is 1180. The standard InChI is InChI=1S/C24H27ClN4O5S/c1-14(2)29-22(15(3)34-18-9-7-17(32-4)8-10-18)27-28-24(29)35-13-21(30)26-16-6-11-20(25)19(12-16)23(31)33-5/h6-12,14-15H,13H2,1-5H3,(H,26,30). The van der Waals surface area contributed by atoms with Gasteiger partial charge in [0.05, 0.1) is 30.6 Å². The highest BCUT2D eigenvalue weighted by atomic mass is 35.5. The molecule has 1 N–H and O–H groups in total. The molecule has 1 unspecified atom stereocenters. The van der Waals surface area contributed by atoms with E-state index in [1.807, 2.05) is 49.6 Å². The highest BCUT2D eigenvalue weighted by molar-refractivity contribution is 7.99. The van der Waals surface area contributed by atoms with Crippen molar-refractivity contribution in [1.82, 2.24) is 14.8 Å². The Balaban J connectivity index is 1.67. The molecule has 1 atom stereocenters. The number of hydrogen-bond acceptors (Lipinski definition) is 8. The highest BCUT2D eigenvalue weighted by Crippen LogP contribution is 2.29. The van der Waals surface area contributed by atoms with Gasteiger partial charge in [-0.1, -0.05) is 23.4 Å². The van der Waals surface area contributed by atoms with Crippen LogP contribution in [0.25, 0.3) is 0 Å². The van der Waals surface area contributed by atoms with Gasteiger partial charge < -0.3 is 24.1 Å².